The lowest BCUT2D eigenvalue weighted by Gasteiger charge is -2.32. The molecule has 0 heterocycles. The predicted octanol–water partition coefficient (Wildman–Crippen LogP) is 3.45. The minimum absolute atomic E-state index is 0.685. The van der Waals surface area contributed by atoms with Crippen LogP contribution in [0.5, 0.6) is 0 Å². The second-order valence-corrected chi connectivity index (χ2v) is 5.42. The molecule has 1 saturated carbocycles. The van der Waals surface area contributed by atoms with Gasteiger partial charge in [0.15, 0.2) is 0 Å². The molecule has 0 aromatic carbocycles. The molecule has 1 nitrogen and oxygen atoms in total. The van der Waals surface area contributed by atoms with E-state index in [1.165, 1.54) is 32.1 Å². The van der Waals surface area contributed by atoms with E-state index in [2.05, 4.69) is 33.1 Å². The van der Waals surface area contributed by atoms with Crippen molar-refractivity contribution in [1.29, 1.82) is 0 Å². The molecule has 0 amide bonds. The Morgan fingerprint density at radius 2 is 1.71 bits per heavy atom. The van der Waals surface area contributed by atoms with Crippen molar-refractivity contribution in [2.45, 2.75) is 58.9 Å². The third kappa shape index (κ3) is 3.61. The van der Waals surface area contributed by atoms with Crippen molar-refractivity contribution < 1.29 is 0 Å². The number of hydrogen-bond donors (Lipinski definition) is 1. The Hall–Kier alpha value is -0.0400. The van der Waals surface area contributed by atoms with Gasteiger partial charge in [0.05, 0.1) is 0 Å². The number of rotatable bonds is 4. The lowest BCUT2D eigenvalue weighted by Crippen LogP contribution is -2.28. The molecule has 84 valence electrons. The Balaban J connectivity index is 2.26. The van der Waals surface area contributed by atoms with E-state index in [0.717, 1.165) is 17.8 Å². The molecule has 1 N–H and O–H groups in total. The highest BCUT2D eigenvalue weighted by atomic mass is 14.8. The smallest absolute Gasteiger partial charge is 0.00383 e. The molecule has 2 unspecified atom stereocenters. The van der Waals surface area contributed by atoms with Crippen LogP contribution in [0.3, 0.4) is 0 Å². The van der Waals surface area contributed by atoms with E-state index in [1.807, 2.05) is 0 Å². The third-order valence-electron chi connectivity index (χ3n) is 4.08. The van der Waals surface area contributed by atoms with Crippen molar-refractivity contribution >= 4 is 0 Å². The van der Waals surface area contributed by atoms with Crippen LogP contribution in [0.25, 0.3) is 0 Å². The molecule has 1 rings (SSSR count). The average Bonchev–Trinajstić information content (AvgIpc) is 2.18. The lowest BCUT2D eigenvalue weighted by atomic mass is 9.75. The van der Waals surface area contributed by atoms with Crippen LogP contribution < -0.4 is 5.32 Å². The highest BCUT2D eigenvalue weighted by molar-refractivity contribution is 4.76. The maximum absolute atomic E-state index is 3.34. The number of nitrogens with one attached hydrogen (secondary N) is 1. The van der Waals surface area contributed by atoms with Crippen molar-refractivity contribution in [3.63, 3.8) is 0 Å². The maximum atomic E-state index is 3.34. The summed E-state index contributed by atoms with van der Waals surface area (Å²) in [6, 6.07) is 0.685. The summed E-state index contributed by atoms with van der Waals surface area (Å²) in [6.45, 7) is 7.13. The van der Waals surface area contributed by atoms with Crippen LogP contribution in [0.4, 0.5) is 0 Å². The van der Waals surface area contributed by atoms with Gasteiger partial charge in [-0.25, -0.2) is 0 Å². The van der Waals surface area contributed by atoms with E-state index in [9.17, 15) is 0 Å². The van der Waals surface area contributed by atoms with Gasteiger partial charge in [-0.3, -0.25) is 0 Å². The maximum Gasteiger partial charge on any atom is 0.00383 e. The van der Waals surface area contributed by atoms with Crippen LogP contribution in [-0.4, -0.2) is 13.1 Å². The van der Waals surface area contributed by atoms with Crippen molar-refractivity contribution in [2.24, 2.45) is 17.8 Å². The third-order valence-corrected chi connectivity index (χ3v) is 4.08. The quantitative estimate of drug-likeness (QED) is 0.728. The molecule has 1 aliphatic rings. The Morgan fingerprint density at radius 1 is 1.14 bits per heavy atom. The molecule has 0 aromatic rings. The van der Waals surface area contributed by atoms with Gasteiger partial charge in [0.2, 0.25) is 0 Å². The second-order valence-electron chi connectivity index (χ2n) is 5.42. The molecule has 0 aliphatic heterocycles. The summed E-state index contributed by atoms with van der Waals surface area (Å²) < 4.78 is 0. The minimum Gasteiger partial charge on any atom is -0.317 e. The highest BCUT2D eigenvalue weighted by Gasteiger charge is 2.23. The Kier molecular flexibility index (Phi) is 4.94. The van der Waals surface area contributed by atoms with Crippen molar-refractivity contribution in [3.05, 3.63) is 0 Å². The SMILES string of the molecule is CNC(C)CC(C)C1CCC(C)CC1. The fraction of sp³-hybridized carbons (Fsp3) is 1.00. The Bertz CT molecular complexity index is 147. The van der Waals surface area contributed by atoms with Crippen LogP contribution in [0, 0.1) is 17.8 Å². The molecule has 1 fully saturated rings. The molecule has 0 aromatic heterocycles. The van der Waals surface area contributed by atoms with Gasteiger partial charge in [-0.2, -0.15) is 0 Å². The van der Waals surface area contributed by atoms with Gasteiger partial charge >= 0.3 is 0 Å². The fourth-order valence-electron chi connectivity index (χ4n) is 2.72. The number of hydrogen-bond acceptors (Lipinski definition) is 1. The van der Waals surface area contributed by atoms with Gasteiger partial charge in [-0.05, 0) is 51.0 Å². The predicted molar refractivity (Wildman–Crippen MR) is 63.4 cm³/mol. The van der Waals surface area contributed by atoms with Crippen molar-refractivity contribution in [1.82, 2.24) is 5.32 Å². The summed E-state index contributed by atoms with van der Waals surface area (Å²) >= 11 is 0. The highest BCUT2D eigenvalue weighted by Crippen LogP contribution is 2.34. The first-order valence-corrected chi connectivity index (χ1v) is 6.30. The van der Waals surface area contributed by atoms with E-state index >= 15 is 0 Å². The first-order chi connectivity index (χ1) is 6.63. The van der Waals surface area contributed by atoms with E-state index in [1.54, 1.807) is 0 Å². The Labute approximate surface area is 89.7 Å². The topological polar surface area (TPSA) is 12.0 Å². The summed E-state index contributed by atoms with van der Waals surface area (Å²) in [5, 5.41) is 3.34. The zero-order valence-corrected chi connectivity index (χ0v) is 10.3. The van der Waals surface area contributed by atoms with Crippen molar-refractivity contribution in [3.8, 4) is 0 Å². The molecule has 0 bridgehead atoms. The molecule has 1 aliphatic carbocycles. The second kappa shape index (κ2) is 5.75. The van der Waals surface area contributed by atoms with E-state index in [0.29, 0.717) is 6.04 Å². The van der Waals surface area contributed by atoms with Crippen LogP contribution >= 0.6 is 0 Å². The van der Waals surface area contributed by atoms with Gasteiger partial charge in [0, 0.05) is 6.04 Å². The normalized spacial score (nSPS) is 32.6. The molecule has 0 saturated heterocycles. The van der Waals surface area contributed by atoms with Gasteiger partial charge in [0.1, 0.15) is 0 Å². The Morgan fingerprint density at radius 3 is 2.21 bits per heavy atom. The fourth-order valence-corrected chi connectivity index (χ4v) is 2.72. The van der Waals surface area contributed by atoms with Crippen LogP contribution in [0.15, 0.2) is 0 Å². The zero-order valence-electron chi connectivity index (χ0n) is 10.3. The minimum atomic E-state index is 0.685. The molecule has 1 heteroatoms. The molecule has 2 atom stereocenters. The molecule has 0 radical (unpaired) electrons. The van der Waals surface area contributed by atoms with Crippen LogP contribution in [-0.2, 0) is 0 Å². The monoisotopic (exact) mass is 197 g/mol. The van der Waals surface area contributed by atoms with E-state index in [-0.39, 0.29) is 0 Å². The summed E-state index contributed by atoms with van der Waals surface area (Å²) in [6.07, 6.45) is 7.21. The molecular formula is C13H27N. The summed E-state index contributed by atoms with van der Waals surface area (Å²) in [5.74, 6) is 2.90. The van der Waals surface area contributed by atoms with Gasteiger partial charge in [-0.15, -0.1) is 0 Å². The summed E-state index contributed by atoms with van der Waals surface area (Å²) in [4.78, 5) is 0. The first-order valence-electron chi connectivity index (χ1n) is 6.30. The molecule has 14 heavy (non-hydrogen) atoms. The van der Waals surface area contributed by atoms with Gasteiger partial charge in [0.25, 0.3) is 0 Å². The van der Waals surface area contributed by atoms with Gasteiger partial charge in [-0.1, -0.05) is 26.7 Å². The average molecular weight is 197 g/mol. The van der Waals surface area contributed by atoms with E-state index in [4.69, 9.17) is 0 Å². The van der Waals surface area contributed by atoms with Crippen LogP contribution in [0.2, 0.25) is 0 Å². The summed E-state index contributed by atoms with van der Waals surface area (Å²) in [5.41, 5.74) is 0. The molecular weight excluding hydrogens is 170 g/mol. The van der Waals surface area contributed by atoms with Gasteiger partial charge < -0.3 is 5.32 Å². The zero-order chi connectivity index (χ0) is 10.6. The largest absolute Gasteiger partial charge is 0.317 e. The first kappa shape index (κ1) is 12.0. The van der Waals surface area contributed by atoms with Crippen molar-refractivity contribution in [2.75, 3.05) is 7.05 Å². The standard InChI is InChI=1S/C13H27N/c1-10-5-7-13(8-6-10)11(2)9-12(3)14-4/h10-14H,5-9H2,1-4H3. The van der Waals surface area contributed by atoms with E-state index < -0.39 is 0 Å². The summed E-state index contributed by atoms with van der Waals surface area (Å²) in [7, 11) is 2.07. The lowest BCUT2D eigenvalue weighted by molar-refractivity contribution is 0.206. The van der Waals surface area contributed by atoms with Crippen LogP contribution in [0.1, 0.15) is 52.9 Å². The molecule has 0 spiro atoms.